The zero-order chi connectivity index (χ0) is 16.6. The van der Waals surface area contributed by atoms with Crippen LogP contribution in [0.3, 0.4) is 0 Å². The average molecular weight is 312 g/mol. The van der Waals surface area contributed by atoms with Gasteiger partial charge in [-0.2, -0.15) is 0 Å². The van der Waals surface area contributed by atoms with Crippen molar-refractivity contribution in [1.82, 2.24) is 9.55 Å². The van der Waals surface area contributed by atoms with Gasteiger partial charge in [0, 0.05) is 23.4 Å². The number of benzene rings is 2. The monoisotopic (exact) mass is 312 g/mol. The van der Waals surface area contributed by atoms with Gasteiger partial charge in [-0.05, 0) is 37.3 Å². The molecule has 7 nitrogen and oxygen atoms in total. The van der Waals surface area contributed by atoms with Gasteiger partial charge >= 0.3 is 0 Å². The van der Waals surface area contributed by atoms with Crippen LogP contribution in [0, 0.1) is 10.1 Å². The Morgan fingerprint density at radius 1 is 1.30 bits per heavy atom. The summed E-state index contributed by atoms with van der Waals surface area (Å²) in [5.74, 6) is 0.640. The highest BCUT2D eigenvalue weighted by Crippen LogP contribution is 2.28. The Morgan fingerprint density at radius 2 is 2.00 bits per heavy atom. The average Bonchev–Trinajstić information content (AvgIpc) is 2.85. The number of nitrogen functional groups attached to an aromatic ring is 1. The molecule has 0 bridgehead atoms. The Morgan fingerprint density at radius 3 is 2.61 bits per heavy atom. The van der Waals surface area contributed by atoms with Crippen molar-refractivity contribution in [2.75, 3.05) is 5.73 Å². The van der Waals surface area contributed by atoms with Crippen LogP contribution in [0.1, 0.15) is 6.92 Å². The number of aliphatic hydroxyl groups excluding tert-OH is 1. The lowest BCUT2D eigenvalue weighted by Crippen LogP contribution is -2.12. The van der Waals surface area contributed by atoms with Crippen LogP contribution in [-0.4, -0.2) is 25.7 Å². The molecule has 1 heterocycles. The SMILES string of the molecule is CC(O)Cn1c(-c2ccc(N)cc2)nc2cc([N+](=O)[O-])ccc21. The van der Waals surface area contributed by atoms with Gasteiger partial charge in [-0.15, -0.1) is 0 Å². The highest BCUT2D eigenvalue weighted by Gasteiger charge is 2.16. The van der Waals surface area contributed by atoms with Crippen molar-refractivity contribution >= 4 is 22.4 Å². The molecule has 7 heteroatoms. The molecule has 23 heavy (non-hydrogen) atoms. The summed E-state index contributed by atoms with van der Waals surface area (Å²) in [6, 6.07) is 11.7. The summed E-state index contributed by atoms with van der Waals surface area (Å²) in [6.07, 6.45) is -0.574. The van der Waals surface area contributed by atoms with E-state index < -0.39 is 11.0 Å². The third kappa shape index (κ3) is 2.86. The zero-order valence-corrected chi connectivity index (χ0v) is 12.5. The van der Waals surface area contributed by atoms with E-state index in [1.165, 1.54) is 12.1 Å². The van der Waals surface area contributed by atoms with Gasteiger partial charge < -0.3 is 15.4 Å². The molecule has 118 valence electrons. The van der Waals surface area contributed by atoms with Crippen molar-refractivity contribution in [3.8, 4) is 11.4 Å². The fourth-order valence-corrected chi connectivity index (χ4v) is 2.53. The van der Waals surface area contributed by atoms with Gasteiger partial charge in [0.2, 0.25) is 0 Å². The van der Waals surface area contributed by atoms with Gasteiger partial charge in [0.05, 0.1) is 28.6 Å². The van der Waals surface area contributed by atoms with Crippen LogP contribution in [0.15, 0.2) is 42.5 Å². The second-order valence-corrected chi connectivity index (χ2v) is 5.45. The highest BCUT2D eigenvalue weighted by molar-refractivity contribution is 5.83. The second kappa shape index (κ2) is 5.69. The first kappa shape index (κ1) is 15.0. The fourth-order valence-electron chi connectivity index (χ4n) is 2.53. The van der Waals surface area contributed by atoms with Gasteiger partial charge in [-0.1, -0.05) is 0 Å². The number of nitrogens with two attached hydrogens (primary N) is 1. The van der Waals surface area contributed by atoms with E-state index >= 15 is 0 Å². The molecule has 3 rings (SSSR count). The van der Waals surface area contributed by atoms with Gasteiger partial charge in [0.25, 0.3) is 5.69 Å². The van der Waals surface area contributed by atoms with Crippen molar-refractivity contribution in [2.24, 2.45) is 0 Å². The maximum atomic E-state index is 10.9. The Balaban J connectivity index is 2.22. The number of hydrogen-bond acceptors (Lipinski definition) is 5. The number of nitro groups is 1. The number of nitrogens with zero attached hydrogens (tertiary/aromatic N) is 3. The standard InChI is InChI=1S/C16H16N4O3/c1-10(21)9-19-15-7-6-13(20(22)23)8-14(15)18-16(19)11-2-4-12(17)5-3-11/h2-8,10,21H,9,17H2,1H3. The molecule has 1 aromatic heterocycles. The molecule has 1 unspecified atom stereocenters. The molecule has 0 fully saturated rings. The van der Waals surface area contributed by atoms with Crippen LogP contribution in [-0.2, 0) is 6.54 Å². The summed E-state index contributed by atoms with van der Waals surface area (Å²) in [6.45, 7) is 2.03. The molecule has 0 aliphatic rings. The summed E-state index contributed by atoms with van der Waals surface area (Å²) in [7, 11) is 0. The van der Waals surface area contributed by atoms with E-state index in [9.17, 15) is 15.2 Å². The molecule has 0 amide bonds. The van der Waals surface area contributed by atoms with E-state index in [1.54, 1.807) is 25.1 Å². The van der Waals surface area contributed by atoms with E-state index in [2.05, 4.69) is 4.98 Å². The van der Waals surface area contributed by atoms with E-state index in [0.717, 1.165) is 11.1 Å². The molecule has 0 radical (unpaired) electrons. The van der Waals surface area contributed by atoms with Crippen LogP contribution in [0.25, 0.3) is 22.4 Å². The Kier molecular flexibility index (Phi) is 3.71. The molecule has 0 aliphatic carbocycles. The summed E-state index contributed by atoms with van der Waals surface area (Å²) in [5, 5.41) is 20.7. The number of aromatic nitrogens is 2. The first-order chi connectivity index (χ1) is 11.0. The van der Waals surface area contributed by atoms with Crippen LogP contribution in [0.5, 0.6) is 0 Å². The number of anilines is 1. The molecule has 0 saturated heterocycles. The molecule has 0 saturated carbocycles. The van der Waals surface area contributed by atoms with Crippen molar-refractivity contribution in [2.45, 2.75) is 19.6 Å². The number of imidazole rings is 1. The van der Waals surface area contributed by atoms with E-state index in [0.29, 0.717) is 23.6 Å². The molecular weight excluding hydrogens is 296 g/mol. The first-order valence-corrected chi connectivity index (χ1v) is 7.14. The summed E-state index contributed by atoms with van der Waals surface area (Å²) >= 11 is 0. The number of hydrogen-bond donors (Lipinski definition) is 2. The van der Waals surface area contributed by atoms with Crippen molar-refractivity contribution < 1.29 is 10.0 Å². The lowest BCUT2D eigenvalue weighted by Gasteiger charge is -2.11. The molecule has 3 aromatic rings. The Hall–Kier alpha value is -2.93. The normalized spacial score (nSPS) is 12.4. The smallest absolute Gasteiger partial charge is 0.271 e. The number of nitro benzene ring substituents is 1. The van der Waals surface area contributed by atoms with Gasteiger partial charge in [0.15, 0.2) is 0 Å². The van der Waals surface area contributed by atoms with Crippen LogP contribution in [0.2, 0.25) is 0 Å². The quantitative estimate of drug-likeness (QED) is 0.437. The van der Waals surface area contributed by atoms with E-state index in [-0.39, 0.29) is 5.69 Å². The molecule has 1 atom stereocenters. The summed E-state index contributed by atoms with van der Waals surface area (Å²) < 4.78 is 1.86. The van der Waals surface area contributed by atoms with E-state index in [1.807, 2.05) is 16.7 Å². The molecule has 0 spiro atoms. The van der Waals surface area contributed by atoms with Gasteiger partial charge in [-0.25, -0.2) is 4.98 Å². The number of aliphatic hydroxyl groups is 1. The minimum Gasteiger partial charge on any atom is -0.399 e. The van der Waals surface area contributed by atoms with Crippen LogP contribution in [0.4, 0.5) is 11.4 Å². The van der Waals surface area contributed by atoms with Crippen LogP contribution < -0.4 is 5.73 Å². The lowest BCUT2D eigenvalue weighted by atomic mass is 10.2. The predicted octanol–water partition coefficient (Wildman–Crippen LogP) is 2.57. The molecule has 3 N–H and O–H groups in total. The topological polar surface area (TPSA) is 107 Å². The number of non-ortho nitro benzene ring substituents is 1. The van der Waals surface area contributed by atoms with Crippen molar-refractivity contribution in [3.63, 3.8) is 0 Å². The zero-order valence-electron chi connectivity index (χ0n) is 12.5. The largest absolute Gasteiger partial charge is 0.399 e. The number of rotatable bonds is 4. The minimum atomic E-state index is -0.574. The second-order valence-electron chi connectivity index (χ2n) is 5.45. The molecule has 2 aromatic carbocycles. The Bertz CT molecular complexity index is 869. The first-order valence-electron chi connectivity index (χ1n) is 7.14. The van der Waals surface area contributed by atoms with Crippen molar-refractivity contribution in [1.29, 1.82) is 0 Å². The van der Waals surface area contributed by atoms with Crippen molar-refractivity contribution in [3.05, 3.63) is 52.6 Å². The fraction of sp³-hybridized carbons (Fsp3) is 0.188. The molecular formula is C16H16N4O3. The van der Waals surface area contributed by atoms with Crippen LogP contribution >= 0.6 is 0 Å². The maximum absolute atomic E-state index is 10.9. The number of fused-ring (bicyclic) bond motifs is 1. The lowest BCUT2D eigenvalue weighted by molar-refractivity contribution is -0.384. The minimum absolute atomic E-state index is 0.0111. The predicted molar refractivity (Wildman–Crippen MR) is 87.9 cm³/mol. The molecule has 0 aliphatic heterocycles. The Labute approximate surface area is 132 Å². The van der Waals surface area contributed by atoms with E-state index in [4.69, 9.17) is 5.73 Å². The maximum Gasteiger partial charge on any atom is 0.271 e. The summed E-state index contributed by atoms with van der Waals surface area (Å²) in [5.41, 5.74) is 8.43. The third-order valence-corrected chi connectivity index (χ3v) is 3.56. The summed E-state index contributed by atoms with van der Waals surface area (Å²) in [4.78, 5) is 15.0. The highest BCUT2D eigenvalue weighted by atomic mass is 16.6. The van der Waals surface area contributed by atoms with Gasteiger partial charge in [-0.3, -0.25) is 10.1 Å². The van der Waals surface area contributed by atoms with Gasteiger partial charge in [0.1, 0.15) is 5.82 Å². The third-order valence-electron chi connectivity index (χ3n) is 3.56.